The number of para-hydroxylation sites is 1. The highest BCUT2D eigenvalue weighted by atomic mass is 35.5. The van der Waals surface area contributed by atoms with Crippen LogP contribution in [-0.2, 0) is 0 Å². The van der Waals surface area contributed by atoms with Gasteiger partial charge in [-0.2, -0.15) is 0 Å². The van der Waals surface area contributed by atoms with Crippen molar-refractivity contribution in [1.29, 1.82) is 0 Å². The van der Waals surface area contributed by atoms with Gasteiger partial charge in [-0.05, 0) is 36.4 Å². The molecule has 0 spiro atoms. The van der Waals surface area contributed by atoms with E-state index in [0.717, 1.165) is 42.4 Å². The van der Waals surface area contributed by atoms with Crippen molar-refractivity contribution in [3.8, 4) is 0 Å². The van der Waals surface area contributed by atoms with Gasteiger partial charge in [0.05, 0.1) is 10.7 Å². The summed E-state index contributed by atoms with van der Waals surface area (Å²) in [6, 6.07) is 8.09. The average molecular weight is 223 g/mol. The Morgan fingerprint density at radius 3 is 2.53 bits per heavy atom. The van der Waals surface area contributed by atoms with Gasteiger partial charge in [-0.3, -0.25) is 0 Å². The van der Waals surface area contributed by atoms with Crippen molar-refractivity contribution in [2.75, 3.05) is 24.5 Å². The largest absolute Gasteiger partial charge is 0.370 e. The van der Waals surface area contributed by atoms with Crippen molar-refractivity contribution in [1.82, 2.24) is 0 Å². The summed E-state index contributed by atoms with van der Waals surface area (Å²) in [7, 11) is 0. The fourth-order valence-corrected chi connectivity index (χ4v) is 3.16. The summed E-state index contributed by atoms with van der Waals surface area (Å²) in [5.41, 5.74) is 6.88. The highest BCUT2D eigenvalue weighted by Crippen LogP contribution is 2.52. The number of halogens is 1. The third-order valence-electron chi connectivity index (χ3n) is 3.84. The van der Waals surface area contributed by atoms with Crippen molar-refractivity contribution in [2.24, 2.45) is 23.5 Å². The SMILES string of the molecule is NCC1C2CN(c3ccccc3Cl)CC12. The molecule has 2 fully saturated rings. The lowest BCUT2D eigenvalue weighted by molar-refractivity contribution is 0.648. The molecule has 1 saturated carbocycles. The summed E-state index contributed by atoms with van der Waals surface area (Å²) in [6.07, 6.45) is 0. The van der Waals surface area contributed by atoms with Crippen LogP contribution in [0.25, 0.3) is 0 Å². The number of piperidine rings is 1. The predicted octanol–water partition coefficient (Wildman–Crippen LogP) is 1.98. The highest BCUT2D eigenvalue weighted by molar-refractivity contribution is 6.33. The minimum Gasteiger partial charge on any atom is -0.370 e. The Labute approximate surface area is 95.0 Å². The molecule has 1 heterocycles. The molecular weight excluding hydrogens is 208 g/mol. The first-order valence-corrected chi connectivity index (χ1v) is 5.88. The van der Waals surface area contributed by atoms with Gasteiger partial charge >= 0.3 is 0 Å². The zero-order chi connectivity index (χ0) is 10.4. The smallest absolute Gasteiger partial charge is 0.0639 e. The van der Waals surface area contributed by atoms with Gasteiger partial charge in [-0.15, -0.1) is 0 Å². The molecular formula is C12H15ClN2. The summed E-state index contributed by atoms with van der Waals surface area (Å²) >= 11 is 6.17. The molecule has 2 unspecified atom stereocenters. The first-order valence-electron chi connectivity index (χ1n) is 5.51. The van der Waals surface area contributed by atoms with Gasteiger partial charge in [0, 0.05) is 13.1 Å². The number of fused-ring (bicyclic) bond motifs is 1. The van der Waals surface area contributed by atoms with Crippen LogP contribution in [0.5, 0.6) is 0 Å². The molecule has 2 N–H and O–H groups in total. The maximum Gasteiger partial charge on any atom is 0.0639 e. The predicted molar refractivity (Wildman–Crippen MR) is 63.2 cm³/mol. The molecule has 0 aromatic heterocycles. The number of hydrogen-bond acceptors (Lipinski definition) is 2. The van der Waals surface area contributed by atoms with Crippen LogP contribution in [0.15, 0.2) is 24.3 Å². The van der Waals surface area contributed by atoms with Crippen LogP contribution in [0.2, 0.25) is 5.02 Å². The second-order valence-electron chi connectivity index (χ2n) is 4.58. The van der Waals surface area contributed by atoms with Crippen LogP contribution >= 0.6 is 11.6 Å². The molecule has 2 atom stereocenters. The van der Waals surface area contributed by atoms with Crippen molar-refractivity contribution >= 4 is 17.3 Å². The molecule has 2 nitrogen and oxygen atoms in total. The summed E-state index contributed by atoms with van der Waals surface area (Å²) in [4.78, 5) is 2.39. The monoisotopic (exact) mass is 222 g/mol. The maximum absolute atomic E-state index is 6.17. The fourth-order valence-electron chi connectivity index (χ4n) is 2.90. The van der Waals surface area contributed by atoms with E-state index in [1.54, 1.807) is 0 Å². The van der Waals surface area contributed by atoms with Gasteiger partial charge in [0.25, 0.3) is 0 Å². The first-order chi connectivity index (χ1) is 7.31. The van der Waals surface area contributed by atoms with Gasteiger partial charge in [0.1, 0.15) is 0 Å². The van der Waals surface area contributed by atoms with Gasteiger partial charge < -0.3 is 10.6 Å². The molecule has 0 amide bonds. The minimum absolute atomic E-state index is 0.781. The number of anilines is 1. The molecule has 0 bridgehead atoms. The number of hydrogen-bond donors (Lipinski definition) is 1. The summed E-state index contributed by atoms with van der Waals surface area (Å²) in [5.74, 6) is 2.43. The van der Waals surface area contributed by atoms with Gasteiger partial charge in [-0.1, -0.05) is 23.7 Å². The standard InChI is InChI=1S/C12H15ClN2/c13-11-3-1-2-4-12(11)15-6-9-8(5-14)10(9)7-15/h1-4,8-10H,5-7,14H2. The lowest BCUT2D eigenvalue weighted by atomic mass is 10.2. The van der Waals surface area contributed by atoms with Crippen LogP contribution in [0.4, 0.5) is 5.69 Å². The Hall–Kier alpha value is -0.730. The Balaban J connectivity index is 1.75. The first kappa shape index (κ1) is 9.49. The van der Waals surface area contributed by atoms with Gasteiger partial charge in [0.2, 0.25) is 0 Å². The molecule has 1 aliphatic heterocycles. The van der Waals surface area contributed by atoms with Gasteiger partial charge in [-0.25, -0.2) is 0 Å². The topological polar surface area (TPSA) is 29.3 Å². The number of benzene rings is 1. The lowest BCUT2D eigenvalue weighted by Gasteiger charge is -2.22. The van der Waals surface area contributed by atoms with E-state index in [9.17, 15) is 0 Å². The molecule has 1 saturated heterocycles. The van der Waals surface area contributed by atoms with E-state index < -0.39 is 0 Å². The van der Waals surface area contributed by atoms with Crippen LogP contribution in [0.3, 0.4) is 0 Å². The normalized spacial score (nSPS) is 32.9. The zero-order valence-electron chi connectivity index (χ0n) is 8.57. The summed E-state index contributed by atoms with van der Waals surface area (Å²) in [6.45, 7) is 3.12. The molecule has 80 valence electrons. The molecule has 15 heavy (non-hydrogen) atoms. The Kier molecular flexibility index (Phi) is 2.15. The summed E-state index contributed by atoms with van der Waals surface area (Å²) in [5, 5.41) is 0.864. The van der Waals surface area contributed by atoms with E-state index in [4.69, 9.17) is 17.3 Å². The Morgan fingerprint density at radius 1 is 1.27 bits per heavy atom. The van der Waals surface area contributed by atoms with E-state index in [2.05, 4.69) is 11.0 Å². The van der Waals surface area contributed by atoms with Crippen LogP contribution < -0.4 is 10.6 Å². The second kappa shape index (κ2) is 3.39. The Bertz CT molecular complexity index is 368. The number of nitrogens with zero attached hydrogens (tertiary/aromatic N) is 1. The average Bonchev–Trinajstić information content (AvgIpc) is 2.72. The third kappa shape index (κ3) is 1.44. The summed E-state index contributed by atoms with van der Waals surface area (Å²) < 4.78 is 0. The number of rotatable bonds is 2. The van der Waals surface area contributed by atoms with E-state index in [1.807, 2.05) is 18.2 Å². The molecule has 0 radical (unpaired) electrons. The van der Waals surface area contributed by atoms with Crippen LogP contribution in [0, 0.1) is 17.8 Å². The van der Waals surface area contributed by atoms with Gasteiger partial charge in [0.15, 0.2) is 0 Å². The minimum atomic E-state index is 0.781. The second-order valence-corrected chi connectivity index (χ2v) is 4.99. The van der Waals surface area contributed by atoms with E-state index in [-0.39, 0.29) is 0 Å². The third-order valence-corrected chi connectivity index (χ3v) is 4.16. The van der Waals surface area contributed by atoms with E-state index >= 15 is 0 Å². The molecule has 1 aliphatic carbocycles. The molecule has 3 rings (SSSR count). The lowest BCUT2D eigenvalue weighted by Crippen LogP contribution is -2.25. The molecule has 3 heteroatoms. The van der Waals surface area contributed by atoms with Crippen molar-refractivity contribution in [2.45, 2.75) is 0 Å². The van der Waals surface area contributed by atoms with E-state index in [0.29, 0.717) is 0 Å². The van der Waals surface area contributed by atoms with Crippen LogP contribution in [-0.4, -0.2) is 19.6 Å². The fraction of sp³-hybridized carbons (Fsp3) is 0.500. The molecule has 2 aliphatic rings. The van der Waals surface area contributed by atoms with Crippen molar-refractivity contribution < 1.29 is 0 Å². The zero-order valence-corrected chi connectivity index (χ0v) is 9.32. The number of nitrogens with two attached hydrogens (primary N) is 1. The van der Waals surface area contributed by atoms with E-state index in [1.165, 1.54) is 5.69 Å². The maximum atomic E-state index is 6.17. The highest BCUT2D eigenvalue weighted by Gasteiger charge is 2.54. The van der Waals surface area contributed by atoms with Crippen molar-refractivity contribution in [3.63, 3.8) is 0 Å². The van der Waals surface area contributed by atoms with Crippen LogP contribution in [0.1, 0.15) is 0 Å². The van der Waals surface area contributed by atoms with Crippen molar-refractivity contribution in [3.05, 3.63) is 29.3 Å². The quantitative estimate of drug-likeness (QED) is 0.829. The Morgan fingerprint density at radius 2 is 1.93 bits per heavy atom. The molecule has 1 aromatic carbocycles. The molecule has 1 aromatic rings.